The van der Waals surface area contributed by atoms with Crippen molar-refractivity contribution in [2.24, 2.45) is 5.73 Å². The SMILES string of the molecule is C=C(C)CN(CC)c1ncc(F)cc1CN. The lowest BCUT2D eigenvalue weighted by Crippen LogP contribution is -2.27. The monoisotopic (exact) mass is 223 g/mol. The number of anilines is 1. The van der Waals surface area contributed by atoms with Crippen molar-refractivity contribution >= 4 is 5.82 Å². The topological polar surface area (TPSA) is 42.2 Å². The first-order chi connectivity index (χ1) is 7.58. The third kappa shape index (κ3) is 3.03. The maximum atomic E-state index is 13.0. The van der Waals surface area contributed by atoms with Gasteiger partial charge in [0.05, 0.1) is 6.20 Å². The molecule has 0 amide bonds. The van der Waals surface area contributed by atoms with Crippen molar-refractivity contribution in [1.82, 2.24) is 4.98 Å². The molecule has 1 aromatic rings. The van der Waals surface area contributed by atoms with Crippen LogP contribution in [0.3, 0.4) is 0 Å². The number of hydrogen-bond donors (Lipinski definition) is 1. The Labute approximate surface area is 95.8 Å². The van der Waals surface area contributed by atoms with E-state index in [1.807, 2.05) is 18.7 Å². The third-order valence-corrected chi connectivity index (χ3v) is 2.27. The Morgan fingerprint density at radius 3 is 2.81 bits per heavy atom. The van der Waals surface area contributed by atoms with Crippen LogP contribution in [0.5, 0.6) is 0 Å². The maximum Gasteiger partial charge on any atom is 0.141 e. The highest BCUT2D eigenvalue weighted by molar-refractivity contribution is 5.47. The minimum absolute atomic E-state index is 0.285. The first-order valence-corrected chi connectivity index (χ1v) is 5.32. The van der Waals surface area contributed by atoms with Gasteiger partial charge in [-0.1, -0.05) is 12.2 Å². The second kappa shape index (κ2) is 5.61. The molecule has 3 nitrogen and oxygen atoms in total. The zero-order valence-electron chi connectivity index (χ0n) is 9.83. The molecule has 0 aliphatic rings. The van der Waals surface area contributed by atoms with Crippen LogP contribution < -0.4 is 10.6 Å². The molecule has 4 heteroatoms. The first kappa shape index (κ1) is 12.6. The van der Waals surface area contributed by atoms with Gasteiger partial charge in [-0.05, 0) is 19.9 Å². The Morgan fingerprint density at radius 1 is 1.62 bits per heavy atom. The molecule has 2 N–H and O–H groups in total. The summed E-state index contributed by atoms with van der Waals surface area (Å²) in [5, 5.41) is 0. The third-order valence-electron chi connectivity index (χ3n) is 2.27. The van der Waals surface area contributed by atoms with Gasteiger partial charge in [-0.2, -0.15) is 0 Å². The fourth-order valence-corrected chi connectivity index (χ4v) is 1.57. The lowest BCUT2D eigenvalue weighted by molar-refractivity contribution is 0.617. The molecule has 0 aliphatic carbocycles. The van der Waals surface area contributed by atoms with Crippen molar-refractivity contribution in [1.29, 1.82) is 0 Å². The molecular formula is C12H18FN3. The van der Waals surface area contributed by atoms with Gasteiger partial charge in [0, 0.05) is 25.2 Å². The van der Waals surface area contributed by atoms with E-state index >= 15 is 0 Å². The van der Waals surface area contributed by atoms with E-state index in [0.717, 1.165) is 23.5 Å². The Morgan fingerprint density at radius 2 is 2.31 bits per heavy atom. The number of rotatable bonds is 5. The van der Waals surface area contributed by atoms with E-state index in [-0.39, 0.29) is 12.4 Å². The molecule has 0 aromatic carbocycles. The number of likely N-dealkylation sites (N-methyl/N-ethyl adjacent to an activating group) is 1. The molecule has 0 saturated carbocycles. The molecule has 0 bridgehead atoms. The summed E-state index contributed by atoms with van der Waals surface area (Å²) in [4.78, 5) is 6.13. The van der Waals surface area contributed by atoms with Crippen LogP contribution in [0.2, 0.25) is 0 Å². The van der Waals surface area contributed by atoms with Crippen molar-refractivity contribution in [2.45, 2.75) is 20.4 Å². The predicted octanol–water partition coefficient (Wildman–Crippen LogP) is 2.08. The summed E-state index contributed by atoms with van der Waals surface area (Å²) in [7, 11) is 0. The van der Waals surface area contributed by atoms with Gasteiger partial charge in [-0.15, -0.1) is 0 Å². The van der Waals surface area contributed by atoms with Gasteiger partial charge in [0.2, 0.25) is 0 Å². The van der Waals surface area contributed by atoms with Crippen LogP contribution in [-0.2, 0) is 6.54 Å². The van der Waals surface area contributed by atoms with Crippen molar-refractivity contribution in [3.8, 4) is 0 Å². The number of nitrogens with zero attached hydrogens (tertiary/aromatic N) is 2. The van der Waals surface area contributed by atoms with Gasteiger partial charge in [-0.3, -0.25) is 0 Å². The summed E-state index contributed by atoms with van der Waals surface area (Å²) in [6, 6.07) is 1.43. The molecule has 0 unspecified atom stereocenters. The van der Waals surface area contributed by atoms with E-state index in [1.54, 1.807) is 0 Å². The number of hydrogen-bond acceptors (Lipinski definition) is 3. The number of pyridine rings is 1. The average molecular weight is 223 g/mol. The van der Waals surface area contributed by atoms with Crippen molar-refractivity contribution in [3.63, 3.8) is 0 Å². The van der Waals surface area contributed by atoms with Gasteiger partial charge < -0.3 is 10.6 Å². The number of nitrogens with two attached hydrogens (primary N) is 1. The molecule has 88 valence electrons. The van der Waals surface area contributed by atoms with Gasteiger partial charge >= 0.3 is 0 Å². The van der Waals surface area contributed by atoms with Gasteiger partial charge in [0.25, 0.3) is 0 Å². The van der Waals surface area contributed by atoms with E-state index in [4.69, 9.17) is 5.73 Å². The van der Waals surface area contributed by atoms with Gasteiger partial charge in [-0.25, -0.2) is 9.37 Å². The molecule has 1 rings (SSSR count). The molecule has 0 spiro atoms. The molecule has 0 fully saturated rings. The quantitative estimate of drug-likeness (QED) is 0.777. The van der Waals surface area contributed by atoms with E-state index in [0.29, 0.717) is 6.54 Å². The number of halogens is 1. The van der Waals surface area contributed by atoms with Crippen molar-refractivity contribution in [3.05, 3.63) is 35.8 Å². The minimum Gasteiger partial charge on any atom is -0.353 e. The zero-order chi connectivity index (χ0) is 12.1. The average Bonchev–Trinajstić information content (AvgIpc) is 2.25. The Bertz CT molecular complexity index is 377. The summed E-state index contributed by atoms with van der Waals surface area (Å²) in [5.41, 5.74) is 7.35. The van der Waals surface area contributed by atoms with Crippen LogP contribution in [0.1, 0.15) is 19.4 Å². The molecule has 0 aliphatic heterocycles. The van der Waals surface area contributed by atoms with E-state index < -0.39 is 0 Å². The fraction of sp³-hybridized carbons (Fsp3) is 0.417. The molecular weight excluding hydrogens is 205 g/mol. The van der Waals surface area contributed by atoms with Crippen LogP contribution >= 0.6 is 0 Å². The molecule has 0 saturated heterocycles. The first-order valence-electron chi connectivity index (χ1n) is 5.32. The van der Waals surface area contributed by atoms with Crippen LogP contribution in [0.25, 0.3) is 0 Å². The number of aromatic nitrogens is 1. The van der Waals surface area contributed by atoms with E-state index in [9.17, 15) is 4.39 Å². The smallest absolute Gasteiger partial charge is 0.141 e. The predicted molar refractivity (Wildman–Crippen MR) is 64.8 cm³/mol. The standard InChI is InChI=1S/C12H18FN3/c1-4-16(8-9(2)3)12-10(6-14)5-11(13)7-15-12/h5,7H,2,4,6,8,14H2,1,3H3. The highest BCUT2D eigenvalue weighted by Crippen LogP contribution is 2.18. The zero-order valence-corrected chi connectivity index (χ0v) is 9.83. The molecule has 1 aromatic heterocycles. The van der Waals surface area contributed by atoms with E-state index in [1.165, 1.54) is 12.3 Å². The summed E-state index contributed by atoms with van der Waals surface area (Å²) in [6.07, 6.45) is 1.22. The summed E-state index contributed by atoms with van der Waals surface area (Å²) in [5.74, 6) is 0.393. The minimum atomic E-state index is -0.351. The summed E-state index contributed by atoms with van der Waals surface area (Å²) < 4.78 is 13.0. The largest absolute Gasteiger partial charge is 0.353 e. The van der Waals surface area contributed by atoms with Crippen LogP contribution in [0.4, 0.5) is 10.2 Å². The van der Waals surface area contributed by atoms with Crippen LogP contribution in [0.15, 0.2) is 24.4 Å². The van der Waals surface area contributed by atoms with Crippen molar-refractivity contribution in [2.75, 3.05) is 18.0 Å². The van der Waals surface area contributed by atoms with Crippen LogP contribution in [-0.4, -0.2) is 18.1 Å². The highest BCUT2D eigenvalue weighted by Gasteiger charge is 2.11. The molecule has 1 heterocycles. The highest BCUT2D eigenvalue weighted by atomic mass is 19.1. The van der Waals surface area contributed by atoms with Crippen LogP contribution in [0, 0.1) is 5.82 Å². The second-order valence-corrected chi connectivity index (χ2v) is 3.81. The molecule has 16 heavy (non-hydrogen) atoms. The molecule has 0 radical (unpaired) electrons. The van der Waals surface area contributed by atoms with Gasteiger partial charge in [0.1, 0.15) is 11.6 Å². The Kier molecular flexibility index (Phi) is 4.43. The summed E-state index contributed by atoms with van der Waals surface area (Å²) in [6.45, 7) is 9.63. The maximum absolute atomic E-state index is 13.0. The summed E-state index contributed by atoms with van der Waals surface area (Å²) >= 11 is 0. The lowest BCUT2D eigenvalue weighted by atomic mass is 10.2. The van der Waals surface area contributed by atoms with Crippen molar-refractivity contribution < 1.29 is 4.39 Å². The Hall–Kier alpha value is -1.42. The van der Waals surface area contributed by atoms with E-state index in [2.05, 4.69) is 11.6 Å². The fourth-order valence-electron chi connectivity index (χ4n) is 1.57. The Balaban J connectivity index is 3.03. The normalized spacial score (nSPS) is 10.2. The molecule has 0 atom stereocenters. The lowest BCUT2D eigenvalue weighted by Gasteiger charge is -2.24. The van der Waals surface area contributed by atoms with Gasteiger partial charge in [0.15, 0.2) is 0 Å². The second-order valence-electron chi connectivity index (χ2n) is 3.81.